The number of aromatic nitrogens is 1. The molecule has 110 valence electrons. The van der Waals surface area contributed by atoms with Gasteiger partial charge in [-0.05, 0) is 41.8 Å². The van der Waals surface area contributed by atoms with Gasteiger partial charge in [0.2, 0.25) is 5.91 Å². The number of hydrogen-bond acceptors (Lipinski definition) is 5. The van der Waals surface area contributed by atoms with E-state index in [0.717, 1.165) is 31.0 Å². The van der Waals surface area contributed by atoms with E-state index in [-0.39, 0.29) is 5.91 Å². The lowest BCUT2D eigenvalue weighted by Crippen LogP contribution is -2.30. The maximum Gasteiger partial charge on any atom is 0.234 e. The number of rotatable bonds is 4. The Hall–Kier alpha value is -1.53. The summed E-state index contributed by atoms with van der Waals surface area (Å²) >= 11 is 3.35. The molecular weight excluding hydrogens is 302 g/mol. The standard InChI is InChI=1S/C15H17N3OS2/c1-20-10-15(19)17-12-2-3-14(16-8-12)18-6-4-13-11(9-18)5-7-21-13/h2-3,5,7-8H,4,6,9-10H2,1H3,(H,17,19). The van der Waals surface area contributed by atoms with Crippen LogP contribution >= 0.6 is 23.1 Å². The summed E-state index contributed by atoms with van der Waals surface area (Å²) in [6.45, 7) is 1.92. The van der Waals surface area contributed by atoms with Crippen LogP contribution in [0.2, 0.25) is 0 Å². The van der Waals surface area contributed by atoms with Crippen molar-refractivity contribution in [2.75, 3.05) is 28.8 Å². The lowest BCUT2D eigenvalue weighted by atomic mass is 10.1. The molecule has 0 saturated carbocycles. The number of amides is 1. The number of nitrogens with zero attached hydrogens (tertiary/aromatic N) is 2. The fraction of sp³-hybridized carbons (Fsp3) is 0.333. The molecule has 0 aliphatic carbocycles. The van der Waals surface area contributed by atoms with E-state index in [4.69, 9.17) is 0 Å². The Morgan fingerprint density at radius 1 is 1.48 bits per heavy atom. The molecule has 0 saturated heterocycles. The minimum Gasteiger partial charge on any atom is -0.352 e. The number of thioether (sulfide) groups is 1. The summed E-state index contributed by atoms with van der Waals surface area (Å²) in [5.74, 6) is 1.45. The average molecular weight is 319 g/mol. The molecule has 0 atom stereocenters. The lowest BCUT2D eigenvalue weighted by Gasteiger charge is -2.28. The van der Waals surface area contributed by atoms with Gasteiger partial charge in [0.15, 0.2) is 0 Å². The van der Waals surface area contributed by atoms with E-state index in [2.05, 4.69) is 26.6 Å². The highest BCUT2D eigenvalue weighted by atomic mass is 32.2. The summed E-state index contributed by atoms with van der Waals surface area (Å²) in [6.07, 6.45) is 4.73. The van der Waals surface area contributed by atoms with Gasteiger partial charge in [0.25, 0.3) is 0 Å². The molecule has 0 aromatic carbocycles. The third kappa shape index (κ3) is 3.39. The molecule has 0 unspecified atom stereocenters. The van der Waals surface area contributed by atoms with Gasteiger partial charge in [-0.15, -0.1) is 11.3 Å². The number of carbonyl (C=O) groups excluding carboxylic acids is 1. The largest absolute Gasteiger partial charge is 0.352 e. The Balaban J connectivity index is 1.66. The predicted octanol–water partition coefficient (Wildman–Crippen LogP) is 3.01. The first-order valence-electron chi connectivity index (χ1n) is 6.81. The minimum absolute atomic E-state index is 0.0120. The average Bonchev–Trinajstić information content (AvgIpc) is 2.95. The monoisotopic (exact) mass is 319 g/mol. The highest BCUT2D eigenvalue weighted by Crippen LogP contribution is 2.27. The first kappa shape index (κ1) is 14.4. The van der Waals surface area contributed by atoms with Crippen LogP contribution in [0.3, 0.4) is 0 Å². The Morgan fingerprint density at radius 3 is 3.14 bits per heavy atom. The SMILES string of the molecule is CSCC(=O)Nc1ccc(N2CCc3sccc3C2)nc1. The normalized spacial score (nSPS) is 13.9. The van der Waals surface area contributed by atoms with Gasteiger partial charge >= 0.3 is 0 Å². The molecule has 1 aliphatic rings. The van der Waals surface area contributed by atoms with Crippen molar-refractivity contribution in [1.82, 2.24) is 4.98 Å². The van der Waals surface area contributed by atoms with E-state index in [1.54, 1.807) is 6.20 Å². The maximum absolute atomic E-state index is 11.5. The second kappa shape index (κ2) is 6.49. The van der Waals surface area contributed by atoms with Crippen LogP contribution in [0.4, 0.5) is 11.5 Å². The van der Waals surface area contributed by atoms with Crippen molar-refractivity contribution in [1.29, 1.82) is 0 Å². The van der Waals surface area contributed by atoms with Crippen molar-refractivity contribution in [3.05, 3.63) is 40.2 Å². The van der Waals surface area contributed by atoms with E-state index in [1.807, 2.05) is 29.7 Å². The fourth-order valence-electron chi connectivity index (χ4n) is 2.42. The van der Waals surface area contributed by atoms with Crippen LogP contribution in [0, 0.1) is 0 Å². The van der Waals surface area contributed by atoms with E-state index in [9.17, 15) is 4.79 Å². The van der Waals surface area contributed by atoms with Gasteiger partial charge in [-0.2, -0.15) is 11.8 Å². The Bertz CT molecular complexity index is 624. The van der Waals surface area contributed by atoms with Gasteiger partial charge in [-0.25, -0.2) is 4.98 Å². The fourth-order valence-corrected chi connectivity index (χ4v) is 3.64. The Morgan fingerprint density at radius 2 is 2.38 bits per heavy atom. The smallest absolute Gasteiger partial charge is 0.234 e. The molecule has 0 fully saturated rings. The zero-order valence-electron chi connectivity index (χ0n) is 11.8. The second-order valence-electron chi connectivity index (χ2n) is 4.93. The number of fused-ring (bicyclic) bond motifs is 1. The van der Waals surface area contributed by atoms with Crippen LogP contribution in [0.1, 0.15) is 10.4 Å². The van der Waals surface area contributed by atoms with Gasteiger partial charge in [-0.3, -0.25) is 4.79 Å². The first-order valence-corrected chi connectivity index (χ1v) is 9.08. The molecule has 21 heavy (non-hydrogen) atoms. The highest BCUT2D eigenvalue weighted by Gasteiger charge is 2.18. The molecule has 1 N–H and O–H groups in total. The maximum atomic E-state index is 11.5. The van der Waals surface area contributed by atoms with Gasteiger partial charge in [-0.1, -0.05) is 0 Å². The molecule has 6 heteroatoms. The molecule has 0 spiro atoms. The van der Waals surface area contributed by atoms with Crippen molar-refractivity contribution in [2.45, 2.75) is 13.0 Å². The topological polar surface area (TPSA) is 45.2 Å². The minimum atomic E-state index is 0.0120. The van der Waals surface area contributed by atoms with Crippen molar-refractivity contribution in [3.63, 3.8) is 0 Å². The molecule has 3 heterocycles. The second-order valence-corrected chi connectivity index (χ2v) is 6.79. The van der Waals surface area contributed by atoms with Crippen LogP contribution < -0.4 is 10.2 Å². The summed E-state index contributed by atoms with van der Waals surface area (Å²) in [6, 6.07) is 6.10. The van der Waals surface area contributed by atoms with Crippen LogP contribution in [0.5, 0.6) is 0 Å². The Labute approximate surface area is 132 Å². The number of nitrogens with one attached hydrogen (secondary N) is 1. The molecule has 2 aromatic heterocycles. The number of hydrogen-bond donors (Lipinski definition) is 1. The van der Waals surface area contributed by atoms with Crippen LogP contribution in [0.25, 0.3) is 0 Å². The molecule has 0 bridgehead atoms. The molecule has 4 nitrogen and oxygen atoms in total. The number of carbonyl (C=O) groups is 1. The van der Waals surface area contributed by atoms with Gasteiger partial charge in [0, 0.05) is 18.0 Å². The van der Waals surface area contributed by atoms with E-state index in [1.165, 1.54) is 22.2 Å². The lowest BCUT2D eigenvalue weighted by molar-refractivity contribution is -0.113. The summed E-state index contributed by atoms with van der Waals surface area (Å²) in [7, 11) is 0. The van der Waals surface area contributed by atoms with Gasteiger partial charge in [0.05, 0.1) is 17.6 Å². The molecule has 3 rings (SSSR count). The summed E-state index contributed by atoms with van der Waals surface area (Å²) in [4.78, 5) is 19.8. The molecule has 2 aromatic rings. The van der Waals surface area contributed by atoms with Crippen molar-refractivity contribution in [2.24, 2.45) is 0 Å². The molecule has 0 radical (unpaired) electrons. The van der Waals surface area contributed by atoms with E-state index < -0.39 is 0 Å². The molecule has 1 amide bonds. The third-order valence-corrected chi connectivity index (χ3v) is 5.01. The highest BCUT2D eigenvalue weighted by molar-refractivity contribution is 7.99. The number of anilines is 2. The van der Waals surface area contributed by atoms with Crippen LogP contribution in [-0.2, 0) is 17.8 Å². The zero-order chi connectivity index (χ0) is 14.7. The van der Waals surface area contributed by atoms with Crippen molar-refractivity contribution < 1.29 is 4.79 Å². The van der Waals surface area contributed by atoms with Crippen molar-refractivity contribution >= 4 is 40.5 Å². The summed E-state index contributed by atoms with van der Waals surface area (Å²) in [5.41, 5.74) is 2.16. The third-order valence-electron chi connectivity index (χ3n) is 3.44. The quantitative estimate of drug-likeness (QED) is 0.941. The van der Waals surface area contributed by atoms with Crippen molar-refractivity contribution in [3.8, 4) is 0 Å². The van der Waals surface area contributed by atoms with Crippen LogP contribution in [0.15, 0.2) is 29.8 Å². The van der Waals surface area contributed by atoms with Gasteiger partial charge < -0.3 is 10.2 Å². The van der Waals surface area contributed by atoms with E-state index >= 15 is 0 Å². The Kier molecular flexibility index (Phi) is 4.45. The predicted molar refractivity (Wildman–Crippen MR) is 90.3 cm³/mol. The van der Waals surface area contributed by atoms with Crippen LogP contribution in [-0.4, -0.2) is 29.4 Å². The summed E-state index contributed by atoms with van der Waals surface area (Å²) < 4.78 is 0. The first-order chi connectivity index (χ1) is 10.3. The van der Waals surface area contributed by atoms with Gasteiger partial charge in [0.1, 0.15) is 5.82 Å². The zero-order valence-corrected chi connectivity index (χ0v) is 13.5. The van der Waals surface area contributed by atoms with E-state index in [0.29, 0.717) is 5.75 Å². The number of pyridine rings is 1. The molecular formula is C15H17N3OS2. The molecule has 1 aliphatic heterocycles. The summed E-state index contributed by atoms with van der Waals surface area (Å²) in [5, 5.41) is 5.00. The number of thiophene rings is 1.